The van der Waals surface area contributed by atoms with Gasteiger partial charge in [0.1, 0.15) is 11.3 Å². The number of para-hydroxylation sites is 1. The minimum Gasteiger partial charge on any atom is -0.460 e. The molecule has 1 atom stereocenters. The molecule has 0 saturated heterocycles. The van der Waals surface area contributed by atoms with E-state index in [-0.39, 0.29) is 6.61 Å². The number of aryl methyl sites for hydroxylation is 1. The van der Waals surface area contributed by atoms with Crippen LogP contribution in [-0.4, -0.2) is 18.3 Å². The van der Waals surface area contributed by atoms with Gasteiger partial charge in [-0.3, -0.25) is 0 Å². The van der Waals surface area contributed by atoms with Crippen molar-refractivity contribution in [1.82, 2.24) is 0 Å². The zero-order valence-corrected chi connectivity index (χ0v) is 9.66. The van der Waals surface area contributed by atoms with Crippen LogP contribution in [0, 0.1) is 6.92 Å². The summed E-state index contributed by atoms with van der Waals surface area (Å²) in [6.07, 6.45) is 0. The number of hydrogen-bond acceptors (Lipinski definition) is 3. The molecule has 0 bridgehead atoms. The average Bonchev–Trinajstić information content (AvgIpc) is 2.67. The number of nitrogens with two attached hydrogens (primary N) is 1. The molecule has 2 rings (SSSR count). The van der Waals surface area contributed by atoms with E-state index >= 15 is 0 Å². The van der Waals surface area contributed by atoms with E-state index in [1.54, 1.807) is 0 Å². The lowest BCUT2D eigenvalue weighted by Crippen LogP contribution is -2.35. The van der Waals surface area contributed by atoms with Gasteiger partial charge in [-0.2, -0.15) is 0 Å². The SMILES string of the molecule is Cc1c(C(C)(CN)CO)oc2ccccc12. The van der Waals surface area contributed by atoms with Crippen molar-refractivity contribution in [3.05, 3.63) is 35.6 Å². The third-order valence-corrected chi connectivity index (χ3v) is 3.19. The fraction of sp³-hybridized carbons (Fsp3) is 0.385. The Kier molecular flexibility index (Phi) is 2.74. The van der Waals surface area contributed by atoms with Gasteiger partial charge in [0.15, 0.2) is 0 Å². The molecule has 0 radical (unpaired) electrons. The standard InChI is InChI=1S/C13H17NO2/c1-9-10-5-3-4-6-11(10)16-12(9)13(2,7-14)8-15/h3-6,15H,7-8,14H2,1-2H3. The minimum atomic E-state index is -0.497. The van der Waals surface area contributed by atoms with Crippen molar-refractivity contribution in [3.8, 4) is 0 Å². The van der Waals surface area contributed by atoms with Crippen LogP contribution < -0.4 is 5.73 Å². The van der Waals surface area contributed by atoms with Gasteiger partial charge < -0.3 is 15.3 Å². The van der Waals surface area contributed by atoms with Crippen LogP contribution in [0.1, 0.15) is 18.2 Å². The number of benzene rings is 1. The van der Waals surface area contributed by atoms with E-state index in [1.807, 2.05) is 38.1 Å². The van der Waals surface area contributed by atoms with Crippen LogP contribution >= 0.6 is 0 Å². The molecule has 1 aromatic heterocycles. The highest BCUT2D eigenvalue weighted by Crippen LogP contribution is 2.33. The zero-order chi connectivity index (χ0) is 11.8. The quantitative estimate of drug-likeness (QED) is 0.829. The van der Waals surface area contributed by atoms with Crippen LogP contribution in [-0.2, 0) is 5.41 Å². The number of aliphatic hydroxyl groups is 1. The second-order valence-corrected chi connectivity index (χ2v) is 4.48. The largest absolute Gasteiger partial charge is 0.460 e. The molecular weight excluding hydrogens is 202 g/mol. The summed E-state index contributed by atoms with van der Waals surface area (Å²) < 4.78 is 5.81. The lowest BCUT2D eigenvalue weighted by Gasteiger charge is -2.23. The van der Waals surface area contributed by atoms with Crippen molar-refractivity contribution < 1.29 is 9.52 Å². The van der Waals surface area contributed by atoms with Gasteiger partial charge in [-0.1, -0.05) is 18.2 Å². The molecule has 0 spiro atoms. The summed E-state index contributed by atoms with van der Waals surface area (Å²) in [5.74, 6) is 0.790. The van der Waals surface area contributed by atoms with Crippen molar-refractivity contribution >= 4 is 11.0 Å². The summed E-state index contributed by atoms with van der Waals surface area (Å²) >= 11 is 0. The highest BCUT2D eigenvalue weighted by Gasteiger charge is 2.30. The molecule has 1 heterocycles. The molecule has 0 aliphatic rings. The Morgan fingerprint density at radius 2 is 2.06 bits per heavy atom. The summed E-state index contributed by atoms with van der Waals surface area (Å²) in [5, 5.41) is 10.5. The summed E-state index contributed by atoms with van der Waals surface area (Å²) in [6, 6.07) is 7.87. The van der Waals surface area contributed by atoms with Crippen molar-refractivity contribution in [2.45, 2.75) is 19.3 Å². The number of furan rings is 1. The maximum Gasteiger partial charge on any atom is 0.134 e. The Bertz CT molecular complexity index is 498. The van der Waals surface area contributed by atoms with Gasteiger partial charge >= 0.3 is 0 Å². The lowest BCUT2D eigenvalue weighted by atomic mass is 9.86. The van der Waals surface area contributed by atoms with Gasteiger partial charge in [0.05, 0.1) is 12.0 Å². The van der Waals surface area contributed by atoms with Crippen LogP contribution in [0.4, 0.5) is 0 Å². The van der Waals surface area contributed by atoms with E-state index in [4.69, 9.17) is 10.2 Å². The summed E-state index contributed by atoms with van der Waals surface area (Å²) in [6.45, 7) is 4.27. The maximum atomic E-state index is 9.45. The Hall–Kier alpha value is -1.32. The first-order valence-electron chi connectivity index (χ1n) is 5.42. The summed E-state index contributed by atoms with van der Waals surface area (Å²) in [5.41, 5.74) is 7.14. The predicted octanol–water partition coefficient (Wildman–Crippen LogP) is 1.95. The van der Waals surface area contributed by atoms with E-state index in [2.05, 4.69) is 0 Å². The third kappa shape index (κ3) is 1.52. The molecule has 0 fully saturated rings. The van der Waals surface area contributed by atoms with E-state index < -0.39 is 5.41 Å². The topological polar surface area (TPSA) is 59.4 Å². The van der Waals surface area contributed by atoms with Gasteiger partial charge in [-0.05, 0) is 25.5 Å². The van der Waals surface area contributed by atoms with E-state index in [9.17, 15) is 5.11 Å². The van der Waals surface area contributed by atoms with E-state index in [0.717, 1.165) is 22.3 Å². The van der Waals surface area contributed by atoms with Crippen molar-refractivity contribution in [3.63, 3.8) is 0 Å². The first-order chi connectivity index (χ1) is 7.62. The van der Waals surface area contributed by atoms with Gasteiger partial charge in [0, 0.05) is 11.9 Å². The van der Waals surface area contributed by atoms with Crippen LogP contribution in [0.2, 0.25) is 0 Å². The van der Waals surface area contributed by atoms with Gasteiger partial charge in [-0.25, -0.2) is 0 Å². The van der Waals surface area contributed by atoms with Crippen molar-refractivity contribution in [2.75, 3.05) is 13.2 Å². The third-order valence-electron chi connectivity index (χ3n) is 3.19. The first-order valence-corrected chi connectivity index (χ1v) is 5.42. The fourth-order valence-electron chi connectivity index (χ4n) is 1.98. The van der Waals surface area contributed by atoms with Crippen molar-refractivity contribution in [2.24, 2.45) is 5.73 Å². The predicted molar refractivity (Wildman–Crippen MR) is 64.4 cm³/mol. The Morgan fingerprint density at radius 1 is 1.38 bits per heavy atom. The second-order valence-electron chi connectivity index (χ2n) is 4.48. The van der Waals surface area contributed by atoms with Crippen LogP contribution in [0.25, 0.3) is 11.0 Å². The normalized spacial score (nSPS) is 15.2. The second kappa shape index (κ2) is 3.92. The maximum absolute atomic E-state index is 9.45. The van der Waals surface area contributed by atoms with Crippen LogP contribution in [0.5, 0.6) is 0 Å². The zero-order valence-electron chi connectivity index (χ0n) is 9.66. The number of hydrogen-bond donors (Lipinski definition) is 2. The molecule has 0 aliphatic carbocycles. The fourth-order valence-corrected chi connectivity index (χ4v) is 1.98. The monoisotopic (exact) mass is 219 g/mol. The van der Waals surface area contributed by atoms with E-state index in [1.165, 1.54) is 0 Å². The van der Waals surface area contributed by atoms with Gasteiger partial charge in [-0.15, -0.1) is 0 Å². The molecule has 0 saturated carbocycles. The summed E-state index contributed by atoms with van der Waals surface area (Å²) in [7, 11) is 0. The number of rotatable bonds is 3. The molecule has 1 unspecified atom stereocenters. The molecule has 1 aromatic carbocycles. The molecule has 86 valence electrons. The molecule has 3 heteroatoms. The Morgan fingerprint density at radius 3 is 2.62 bits per heavy atom. The smallest absolute Gasteiger partial charge is 0.134 e. The summed E-state index contributed by atoms with van der Waals surface area (Å²) in [4.78, 5) is 0. The molecule has 3 N–H and O–H groups in total. The average molecular weight is 219 g/mol. The van der Waals surface area contributed by atoms with Crippen LogP contribution in [0.15, 0.2) is 28.7 Å². The molecule has 16 heavy (non-hydrogen) atoms. The Labute approximate surface area is 94.9 Å². The lowest BCUT2D eigenvalue weighted by molar-refractivity contribution is 0.190. The van der Waals surface area contributed by atoms with Crippen LogP contribution in [0.3, 0.4) is 0 Å². The first kappa shape index (κ1) is 11.2. The molecule has 2 aromatic rings. The highest BCUT2D eigenvalue weighted by molar-refractivity contribution is 5.82. The molecule has 0 aliphatic heterocycles. The highest BCUT2D eigenvalue weighted by atomic mass is 16.3. The Balaban J connectivity index is 2.65. The van der Waals surface area contributed by atoms with Crippen molar-refractivity contribution in [1.29, 1.82) is 0 Å². The van der Waals surface area contributed by atoms with Gasteiger partial charge in [0.25, 0.3) is 0 Å². The number of aliphatic hydroxyl groups excluding tert-OH is 1. The van der Waals surface area contributed by atoms with Gasteiger partial charge in [0.2, 0.25) is 0 Å². The number of fused-ring (bicyclic) bond motifs is 1. The van der Waals surface area contributed by atoms with E-state index in [0.29, 0.717) is 6.54 Å². The molecule has 3 nitrogen and oxygen atoms in total. The minimum absolute atomic E-state index is 0.00976. The molecular formula is C13H17NO2. The molecule has 0 amide bonds.